The fourth-order valence-electron chi connectivity index (χ4n) is 2.08. The van der Waals surface area contributed by atoms with Crippen molar-refractivity contribution in [2.45, 2.75) is 19.6 Å². The highest BCUT2D eigenvalue weighted by Crippen LogP contribution is 2.24. The van der Waals surface area contributed by atoms with Crippen LogP contribution in [0.25, 0.3) is 0 Å². The predicted molar refractivity (Wildman–Crippen MR) is 98.0 cm³/mol. The summed E-state index contributed by atoms with van der Waals surface area (Å²) in [6, 6.07) is 11.9. The van der Waals surface area contributed by atoms with E-state index in [2.05, 4.69) is 36.1 Å². The molecule has 0 amide bonds. The van der Waals surface area contributed by atoms with Crippen molar-refractivity contribution in [3.05, 3.63) is 53.3 Å². The Labute approximate surface area is 145 Å². The smallest absolute Gasteiger partial charge is 0.191 e. The summed E-state index contributed by atoms with van der Waals surface area (Å²) in [7, 11) is 1.77. The van der Waals surface area contributed by atoms with Gasteiger partial charge >= 0.3 is 0 Å². The Morgan fingerprint density at radius 3 is 2.65 bits per heavy atom. The van der Waals surface area contributed by atoms with Crippen LogP contribution in [0, 0.1) is 0 Å². The predicted octanol–water partition coefficient (Wildman–Crippen LogP) is 2.88. The Morgan fingerprint density at radius 1 is 1.22 bits per heavy atom. The van der Waals surface area contributed by atoms with Gasteiger partial charge in [0.15, 0.2) is 5.96 Å². The lowest BCUT2D eigenvalue weighted by Crippen LogP contribution is -2.42. The standard InChI is InChI=1S/C17H23BrN4O/c1-14(23-16-8-4-3-7-15(16)18)13-21-17(19-2)20-9-12-22-10-5-6-11-22/h3-8,10-11,14H,9,12-13H2,1-2H3,(H2,19,20,21). The number of aromatic nitrogens is 1. The van der Waals surface area contributed by atoms with Crippen LogP contribution in [0.1, 0.15) is 6.92 Å². The minimum Gasteiger partial charge on any atom is -0.488 e. The van der Waals surface area contributed by atoms with E-state index in [1.807, 2.05) is 55.7 Å². The van der Waals surface area contributed by atoms with Gasteiger partial charge in [0.25, 0.3) is 0 Å². The monoisotopic (exact) mass is 378 g/mol. The highest BCUT2D eigenvalue weighted by atomic mass is 79.9. The second kappa shape index (κ2) is 9.25. The van der Waals surface area contributed by atoms with Gasteiger partial charge in [0.1, 0.15) is 11.9 Å². The molecule has 0 spiro atoms. The molecule has 1 aromatic heterocycles. The van der Waals surface area contributed by atoms with Crippen molar-refractivity contribution < 1.29 is 4.74 Å². The van der Waals surface area contributed by atoms with E-state index in [4.69, 9.17) is 4.74 Å². The van der Waals surface area contributed by atoms with Gasteiger partial charge in [-0.25, -0.2) is 0 Å². The number of hydrogen-bond donors (Lipinski definition) is 2. The number of ether oxygens (including phenoxy) is 1. The summed E-state index contributed by atoms with van der Waals surface area (Å²) in [5.41, 5.74) is 0. The van der Waals surface area contributed by atoms with Gasteiger partial charge in [-0.2, -0.15) is 0 Å². The number of hydrogen-bond acceptors (Lipinski definition) is 2. The second-order valence-electron chi connectivity index (χ2n) is 5.16. The van der Waals surface area contributed by atoms with Gasteiger partial charge in [0.2, 0.25) is 0 Å². The van der Waals surface area contributed by atoms with Crippen molar-refractivity contribution in [3.63, 3.8) is 0 Å². The molecule has 0 fully saturated rings. The molecule has 0 radical (unpaired) electrons. The quantitative estimate of drug-likeness (QED) is 0.575. The van der Waals surface area contributed by atoms with Gasteiger partial charge in [0.05, 0.1) is 11.0 Å². The van der Waals surface area contributed by atoms with Crippen molar-refractivity contribution in [2.75, 3.05) is 20.1 Å². The number of aliphatic imine (C=N–C) groups is 1. The lowest BCUT2D eigenvalue weighted by atomic mass is 10.3. The van der Waals surface area contributed by atoms with Crippen LogP contribution in [-0.4, -0.2) is 36.8 Å². The van der Waals surface area contributed by atoms with Crippen molar-refractivity contribution in [3.8, 4) is 5.75 Å². The Bertz CT molecular complexity index is 613. The van der Waals surface area contributed by atoms with Crippen LogP contribution >= 0.6 is 15.9 Å². The van der Waals surface area contributed by atoms with Crippen molar-refractivity contribution in [2.24, 2.45) is 4.99 Å². The first-order chi connectivity index (χ1) is 11.2. The Balaban J connectivity index is 1.71. The Morgan fingerprint density at radius 2 is 1.96 bits per heavy atom. The first kappa shape index (κ1) is 17.4. The number of para-hydroxylation sites is 1. The largest absolute Gasteiger partial charge is 0.488 e. The number of nitrogens with zero attached hydrogens (tertiary/aromatic N) is 2. The molecule has 1 heterocycles. The second-order valence-corrected chi connectivity index (χ2v) is 6.01. The molecular formula is C17H23BrN4O. The van der Waals surface area contributed by atoms with Gasteiger partial charge in [-0.05, 0) is 47.1 Å². The number of guanidine groups is 1. The number of benzene rings is 1. The Hall–Kier alpha value is -1.95. The van der Waals surface area contributed by atoms with Gasteiger partial charge in [0, 0.05) is 32.5 Å². The average molecular weight is 379 g/mol. The summed E-state index contributed by atoms with van der Waals surface area (Å²) in [6.45, 7) is 4.41. The van der Waals surface area contributed by atoms with E-state index < -0.39 is 0 Å². The van der Waals surface area contributed by atoms with Gasteiger partial charge in [-0.3, -0.25) is 4.99 Å². The molecule has 2 aromatic rings. The number of nitrogens with one attached hydrogen (secondary N) is 2. The highest BCUT2D eigenvalue weighted by Gasteiger charge is 2.07. The van der Waals surface area contributed by atoms with Crippen molar-refractivity contribution in [1.82, 2.24) is 15.2 Å². The van der Waals surface area contributed by atoms with E-state index in [0.29, 0.717) is 6.54 Å². The molecule has 0 saturated carbocycles. The number of halogens is 1. The maximum Gasteiger partial charge on any atom is 0.191 e. The van der Waals surface area contributed by atoms with Crippen LogP contribution in [0.4, 0.5) is 0 Å². The summed E-state index contributed by atoms with van der Waals surface area (Å²) >= 11 is 3.49. The van der Waals surface area contributed by atoms with E-state index in [-0.39, 0.29) is 6.10 Å². The van der Waals surface area contributed by atoms with Crippen molar-refractivity contribution in [1.29, 1.82) is 0 Å². The van der Waals surface area contributed by atoms with Crippen LogP contribution < -0.4 is 15.4 Å². The van der Waals surface area contributed by atoms with E-state index in [9.17, 15) is 0 Å². The highest BCUT2D eigenvalue weighted by molar-refractivity contribution is 9.10. The molecule has 1 unspecified atom stereocenters. The minimum absolute atomic E-state index is 0.0247. The average Bonchev–Trinajstić information content (AvgIpc) is 3.06. The summed E-state index contributed by atoms with van der Waals surface area (Å²) in [5.74, 6) is 1.62. The normalized spacial score (nSPS) is 12.7. The zero-order chi connectivity index (χ0) is 16.5. The first-order valence-corrected chi connectivity index (χ1v) is 8.45. The molecule has 2 N–H and O–H groups in total. The molecule has 0 aliphatic carbocycles. The summed E-state index contributed by atoms with van der Waals surface area (Å²) in [5, 5.41) is 6.57. The van der Waals surface area contributed by atoms with Gasteiger partial charge in [-0.1, -0.05) is 12.1 Å². The van der Waals surface area contributed by atoms with E-state index in [1.165, 1.54) is 0 Å². The lowest BCUT2D eigenvalue weighted by molar-refractivity contribution is 0.222. The topological polar surface area (TPSA) is 50.6 Å². The van der Waals surface area contributed by atoms with Crippen LogP contribution in [0.5, 0.6) is 5.75 Å². The van der Waals surface area contributed by atoms with Crippen LogP contribution in [0.2, 0.25) is 0 Å². The van der Waals surface area contributed by atoms with E-state index in [0.717, 1.165) is 29.3 Å². The van der Waals surface area contributed by atoms with Crippen LogP contribution in [0.3, 0.4) is 0 Å². The third kappa shape index (κ3) is 5.98. The summed E-state index contributed by atoms with van der Waals surface area (Å²) in [6.07, 6.45) is 4.12. The molecular weight excluding hydrogens is 356 g/mol. The summed E-state index contributed by atoms with van der Waals surface area (Å²) in [4.78, 5) is 4.22. The fourth-order valence-corrected chi connectivity index (χ4v) is 2.46. The van der Waals surface area contributed by atoms with E-state index >= 15 is 0 Å². The number of rotatable bonds is 7. The summed E-state index contributed by atoms with van der Waals surface area (Å²) < 4.78 is 8.99. The fraction of sp³-hybridized carbons (Fsp3) is 0.353. The molecule has 0 aliphatic rings. The molecule has 6 heteroatoms. The Kier molecular flexibility index (Phi) is 7.00. The maximum absolute atomic E-state index is 5.91. The third-order valence-electron chi connectivity index (χ3n) is 3.27. The van der Waals surface area contributed by atoms with Crippen LogP contribution in [-0.2, 0) is 6.54 Å². The van der Waals surface area contributed by atoms with Crippen molar-refractivity contribution >= 4 is 21.9 Å². The zero-order valence-electron chi connectivity index (χ0n) is 13.5. The minimum atomic E-state index is 0.0247. The van der Waals surface area contributed by atoms with Crippen LogP contribution in [0.15, 0.2) is 58.3 Å². The molecule has 0 saturated heterocycles. The molecule has 0 bridgehead atoms. The molecule has 0 aliphatic heterocycles. The lowest BCUT2D eigenvalue weighted by Gasteiger charge is -2.18. The molecule has 23 heavy (non-hydrogen) atoms. The molecule has 1 atom stereocenters. The van der Waals surface area contributed by atoms with Gasteiger partial charge < -0.3 is 19.9 Å². The van der Waals surface area contributed by atoms with Gasteiger partial charge in [-0.15, -0.1) is 0 Å². The molecule has 124 valence electrons. The first-order valence-electron chi connectivity index (χ1n) is 7.65. The zero-order valence-corrected chi connectivity index (χ0v) is 15.1. The SMILES string of the molecule is CN=C(NCCn1cccc1)NCC(C)Oc1ccccc1Br. The molecule has 5 nitrogen and oxygen atoms in total. The molecule has 1 aromatic carbocycles. The maximum atomic E-state index is 5.91. The molecule has 2 rings (SSSR count). The third-order valence-corrected chi connectivity index (χ3v) is 3.93. The van der Waals surface area contributed by atoms with E-state index in [1.54, 1.807) is 7.05 Å².